The highest BCUT2D eigenvalue weighted by atomic mass is 35.5. The number of thiophene rings is 1. The van der Waals surface area contributed by atoms with Crippen molar-refractivity contribution in [3.8, 4) is 0 Å². The average molecular weight is 367 g/mol. The van der Waals surface area contributed by atoms with E-state index in [1.807, 2.05) is 0 Å². The van der Waals surface area contributed by atoms with Gasteiger partial charge in [0.2, 0.25) is 0 Å². The fourth-order valence-corrected chi connectivity index (χ4v) is 3.54. The maximum absolute atomic E-state index is 12.4. The molecule has 126 valence electrons. The molecular weight excluding hydrogens is 352 g/mol. The van der Waals surface area contributed by atoms with Gasteiger partial charge < -0.3 is 15.3 Å². The zero-order valence-corrected chi connectivity index (χ0v) is 14.1. The minimum Gasteiger partial charge on any atom is -0.389 e. The van der Waals surface area contributed by atoms with Gasteiger partial charge in [-0.1, -0.05) is 11.6 Å². The van der Waals surface area contributed by atoms with E-state index in [2.05, 4.69) is 15.3 Å². The molecule has 0 aliphatic carbocycles. The molecule has 0 aromatic carbocycles. The molecule has 0 radical (unpaired) electrons. The minimum atomic E-state index is -0.848. The summed E-state index contributed by atoms with van der Waals surface area (Å²) in [4.78, 5) is 34.3. The van der Waals surface area contributed by atoms with Crippen LogP contribution in [0.4, 0.5) is 0 Å². The van der Waals surface area contributed by atoms with Crippen LogP contribution in [0, 0.1) is 0 Å². The summed E-state index contributed by atoms with van der Waals surface area (Å²) in [5.74, 6) is -0.554. The molecule has 24 heavy (non-hydrogen) atoms. The van der Waals surface area contributed by atoms with Crippen LogP contribution in [0.1, 0.15) is 26.6 Å². The van der Waals surface area contributed by atoms with E-state index in [0.717, 1.165) is 0 Å². The predicted molar refractivity (Wildman–Crippen MR) is 89.1 cm³/mol. The van der Waals surface area contributed by atoms with Crippen molar-refractivity contribution in [2.45, 2.75) is 18.6 Å². The lowest BCUT2D eigenvalue weighted by Gasteiger charge is -2.36. The summed E-state index contributed by atoms with van der Waals surface area (Å²) in [5.41, 5.74) is 0.191. The Kier molecular flexibility index (Phi) is 5.08. The van der Waals surface area contributed by atoms with E-state index in [4.69, 9.17) is 11.6 Å². The molecule has 7 nitrogen and oxygen atoms in total. The molecule has 1 aliphatic heterocycles. The van der Waals surface area contributed by atoms with Crippen LogP contribution in [0.15, 0.2) is 30.7 Å². The molecule has 2 aromatic rings. The summed E-state index contributed by atoms with van der Waals surface area (Å²) < 4.78 is 0.546. The Morgan fingerprint density at radius 3 is 2.83 bits per heavy atom. The van der Waals surface area contributed by atoms with Crippen molar-refractivity contribution in [3.63, 3.8) is 0 Å². The maximum Gasteiger partial charge on any atom is 0.271 e. The Morgan fingerprint density at radius 1 is 1.38 bits per heavy atom. The summed E-state index contributed by atoms with van der Waals surface area (Å²) in [5, 5.41) is 13.0. The van der Waals surface area contributed by atoms with Crippen molar-refractivity contribution in [2.24, 2.45) is 0 Å². The lowest BCUT2D eigenvalue weighted by atomic mass is 10.0. The molecule has 0 bridgehead atoms. The van der Waals surface area contributed by atoms with E-state index in [9.17, 15) is 14.7 Å². The van der Waals surface area contributed by atoms with E-state index < -0.39 is 18.1 Å². The monoisotopic (exact) mass is 366 g/mol. The average Bonchev–Trinajstić information content (AvgIpc) is 3.03. The minimum absolute atomic E-state index is 0.153. The normalized spacial score (nSPS) is 20.7. The fraction of sp³-hybridized carbons (Fsp3) is 0.333. The van der Waals surface area contributed by atoms with Gasteiger partial charge in [0.25, 0.3) is 11.8 Å². The number of carbonyl (C=O) groups excluding carboxylic acids is 2. The van der Waals surface area contributed by atoms with Crippen molar-refractivity contribution in [1.29, 1.82) is 0 Å². The van der Waals surface area contributed by atoms with Gasteiger partial charge in [0, 0.05) is 25.5 Å². The number of aliphatic hydroxyl groups is 1. The van der Waals surface area contributed by atoms with E-state index in [1.165, 1.54) is 29.9 Å². The summed E-state index contributed by atoms with van der Waals surface area (Å²) in [6.07, 6.45) is 3.88. The summed E-state index contributed by atoms with van der Waals surface area (Å²) >= 11 is 7.06. The first-order valence-corrected chi connectivity index (χ1v) is 8.53. The van der Waals surface area contributed by atoms with Gasteiger partial charge in [0.1, 0.15) is 5.69 Å². The van der Waals surface area contributed by atoms with Crippen LogP contribution >= 0.6 is 22.9 Å². The second-order valence-corrected chi connectivity index (χ2v) is 7.10. The summed E-state index contributed by atoms with van der Waals surface area (Å²) in [6, 6.07) is 2.91. The molecule has 2 atom stereocenters. The second-order valence-electron chi connectivity index (χ2n) is 5.38. The first-order valence-electron chi connectivity index (χ1n) is 7.34. The smallest absolute Gasteiger partial charge is 0.271 e. The first kappa shape index (κ1) is 16.8. The first-order chi connectivity index (χ1) is 11.5. The quantitative estimate of drug-likeness (QED) is 0.851. The third-order valence-corrected chi connectivity index (χ3v) is 4.98. The van der Waals surface area contributed by atoms with Gasteiger partial charge in [0.05, 0.1) is 27.6 Å². The van der Waals surface area contributed by atoms with Crippen LogP contribution in [0.3, 0.4) is 0 Å². The van der Waals surface area contributed by atoms with Crippen LogP contribution in [-0.2, 0) is 0 Å². The number of likely N-dealkylation sites (tertiary alicyclic amines) is 1. The van der Waals surface area contributed by atoms with E-state index in [-0.39, 0.29) is 18.1 Å². The van der Waals surface area contributed by atoms with Gasteiger partial charge in [-0.2, -0.15) is 0 Å². The highest BCUT2D eigenvalue weighted by molar-refractivity contribution is 7.17. The van der Waals surface area contributed by atoms with E-state index in [1.54, 1.807) is 17.0 Å². The highest BCUT2D eigenvalue weighted by Crippen LogP contribution is 2.24. The SMILES string of the molecule is O=C(NC1CCN(C(=O)c2ccc(Cl)s2)CC1O)c1cnccn1. The molecule has 1 fully saturated rings. The zero-order valence-electron chi connectivity index (χ0n) is 12.6. The molecule has 2 aromatic heterocycles. The van der Waals surface area contributed by atoms with Crippen molar-refractivity contribution in [1.82, 2.24) is 20.2 Å². The van der Waals surface area contributed by atoms with Crippen LogP contribution in [0.5, 0.6) is 0 Å². The number of β-amino-alcohol motifs (C(OH)–C–C–N with tert-alkyl or cyclic N) is 1. The van der Waals surface area contributed by atoms with Crippen molar-refractivity contribution in [3.05, 3.63) is 45.6 Å². The second kappa shape index (κ2) is 7.25. The van der Waals surface area contributed by atoms with Crippen molar-refractivity contribution < 1.29 is 14.7 Å². The molecule has 3 heterocycles. The third-order valence-electron chi connectivity index (χ3n) is 3.77. The Labute approximate surface area is 147 Å². The number of rotatable bonds is 3. The predicted octanol–water partition coefficient (Wildman–Crippen LogP) is 1.20. The Balaban J connectivity index is 1.59. The molecule has 2 amide bonds. The van der Waals surface area contributed by atoms with Crippen LogP contribution < -0.4 is 5.32 Å². The van der Waals surface area contributed by atoms with Crippen molar-refractivity contribution >= 4 is 34.8 Å². The molecular formula is C15H15ClN4O3S. The molecule has 0 saturated carbocycles. The number of hydrogen-bond acceptors (Lipinski definition) is 6. The van der Waals surface area contributed by atoms with Crippen LogP contribution in [-0.4, -0.2) is 57.0 Å². The maximum atomic E-state index is 12.4. The number of halogens is 1. The van der Waals surface area contributed by atoms with Gasteiger partial charge in [0.15, 0.2) is 0 Å². The number of hydrogen-bond donors (Lipinski definition) is 2. The number of aliphatic hydroxyl groups excluding tert-OH is 1. The van der Waals surface area contributed by atoms with Crippen LogP contribution in [0.25, 0.3) is 0 Å². The number of aromatic nitrogens is 2. The summed E-state index contributed by atoms with van der Waals surface area (Å²) in [6.45, 7) is 0.594. The van der Waals surface area contributed by atoms with E-state index >= 15 is 0 Å². The molecule has 9 heteroatoms. The van der Waals surface area contributed by atoms with Crippen molar-refractivity contribution in [2.75, 3.05) is 13.1 Å². The number of amides is 2. The number of carbonyl (C=O) groups is 2. The fourth-order valence-electron chi connectivity index (χ4n) is 2.53. The standard InChI is InChI=1S/C15H15ClN4O3S/c16-13-2-1-12(24-13)15(23)20-6-3-9(11(21)8-20)19-14(22)10-7-17-4-5-18-10/h1-2,4-5,7,9,11,21H,3,6,8H2,(H,19,22). The number of nitrogens with zero attached hydrogens (tertiary/aromatic N) is 3. The topological polar surface area (TPSA) is 95.4 Å². The highest BCUT2D eigenvalue weighted by Gasteiger charge is 2.32. The molecule has 3 rings (SSSR count). The zero-order chi connectivity index (χ0) is 17.1. The molecule has 0 spiro atoms. The van der Waals surface area contributed by atoms with Gasteiger partial charge in [-0.15, -0.1) is 11.3 Å². The Bertz CT molecular complexity index is 739. The Hall–Kier alpha value is -2.03. The molecule has 1 aliphatic rings. The molecule has 2 N–H and O–H groups in total. The lowest BCUT2D eigenvalue weighted by molar-refractivity contribution is 0.0317. The Morgan fingerprint density at radius 2 is 2.21 bits per heavy atom. The van der Waals surface area contributed by atoms with Gasteiger partial charge in [-0.25, -0.2) is 4.98 Å². The summed E-state index contributed by atoms with van der Waals surface area (Å²) in [7, 11) is 0. The lowest BCUT2D eigenvalue weighted by Crippen LogP contribution is -2.55. The number of nitrogens with one attached hydrogen (secondary N) is 1. The van der Waals surface area contributed by atoms with Gasteiger partial charge in [-0.05, 0) is 18.6 Å². The van der Waals surface area contributed by atoms with Gasteiger partial charge >= 0.3 is 0 Å². The van der Waals surface area contributed by atoms with E-state index in [0.29, 0.717) is 22.2 Å². The number of piperidine rings is 1. The largest absolute Gasteiger partial charge is 0.389 e. The van der Waals surface area contributed by atoms with Gasteiger partial charge in [-0.3, -0.25) is 14.6 Å². The molecule has 2 unspecified atom stereocenters. The van der Waals surface area contributed by atoms with Crippen LogP contribution in [0.2, 0.25) is 4.34 Å². The molecule has 1 saturated heterocycles. The third kappa shape index (κ3) is 3.72.